The van der Waals surface area contributed by atoms with Crippen molar-refractivity contribution in [1.82, 2.24) is 9.78 Å². The highest BCUT2D eigenvalue weighted by molar-refractivity contribution is 6.04. The van der Waals surface area contributed by atoms with Gasteiger partial charge in [0.1, 0.15) is 0 Å². The molecule has 0 spiro atoms. The Balaban J connectivity index is 0.000000177. The van der Waals surface area contributed by atoms with Gasteiger partial charge in [-0.05, 0) is 55.5 Å². The summed E-state index contributed by atoms with van der Waals surface area (Å²) in [5.41, 5.74) is 15.3. The Hall–Kier alpha value is -4.26. The summed E-state index contributed by atoms with van der Waals surface area (Å²) in [7, 11) is 0. The quantitative estimate of drug-likeness (QED) is 0.392. The largest absolute Gasteiger partial charge is 0.399 e. The molecule has 0 radical (unpaired) electrons. The predicted molar refractivity (Wildman–Crippen MR) is 121 cm³/mol. The zero-order chi connectivity index (χ0) is 21.5. The molecule has 152 valence electrons. The Morgan fingerprint density at radius 3 is 2.13 bits per heavy atom. The molecule has 4 aromatic rings. The molecule has 3 aromatic carbocycles. The Morgan fingerprint density at radius 2 is 1.53 bits per heavy atom. The van der Waals surface area contributed by atoms with E-state index in [9.17, 15) is 9.59 Å². The Morgan fingerprint density at radius 1 is 0.867 bits per heavy atom. The summed E-state index contributed by atoms with van der Waals surface area (Å²) in [6.45, 7) is 1.86. The fraction of sp³-hybridized carbons (Fsp3) is 0.0435. The highest BCUT2D eigenvalue weighted by Crippen LogP contribution is 2.14. The first-order chi connectivity index (χ1) is 14.4. The van der Waals surface area contributed by atoms with Crippen molar-refractivity contribution in [2.24, 2.45) is 0 Å². The van der Waals surface area contributed by atoms with Crippen LogP contribution in [0.4, 0.5) is 17.1 Å². The van der Waals surface area contributed by atoms with E-state index in [1.807, 2.05) is 37.3 Å². The van der Waals surface area contributed by atoms with Crippen LogP contribution in [-0.4, -0.2) is 15.7 Å². The van der Waals surface area contributed by atoms with Gasteiger partial charge in [-0.25, -0.2) is 4.68 Å². The highest BCUT2D eigenvalue weighted by atomic mass is 16.1. The second-order valence-electron chi connectivity index (χ2n) is 6.65. The first-order valence-electron chi connectivity index (χ1n) is 9.29. The summed E-state index contributed by atoms with van der Waals surface area (Å²) in [6.07, 6.45) is 0. The summed E-state index contributed by atoms with van der Waals surface area (Å²) in [4.78, 5) is 23.2. The number of hydrogen-bond acceptors (Lipinski definition) is 4. The number of para-hydroxylation sites is 1. The zero-order valence-electron chi connectivity index (χ0n) is 16.5. The third-order valence-electron chi connectivity index (χ3n) is 4.16. The number of amides is 1. The molecule has 0 atom stereocenters. The number of H-pyrrole nitrogens is 1. The average molecular weight is 401 g/mol. The summed E-state index contributed by atoms with van der Waals surface area (Å²) in [5, 5.41) is 5.72. The zero-order valence-corrected chi connectivity index (χ0v) is 16.5. The van der Waals surface area contributed by atoms with Crippen LogP contribution in [0.2, 0.25) is 0 Å². The van der Waals surface area contributed by atoms with Gasteiger partial charge in [-0.2, -0.15) is 0 Å². The number of carbonyl (C=O) groups is 1. The van der Waals surface area contributed by atoms with Crippen LogP contribution in [-0.2, 0) is 0 Å². The molecular formula is C23H23N5O2. The fourth-order valence-electron chi connectivity index (χ4n) is 2.78. The van der Waals surface area contributed by atoms with Gasteiger partial charge in [0.25, 0.3) is 11.5 Å². The van der Waals surface area contributed by atoms with Crippen molar-refractivity contribution >= 4 is 23.0 Å². The van der Waals surface area contributed by atoms with E-state index in [1.165, 1.54) is 4.68 Å². The number of aromatic amines is 1. The van der Waals surface area contributed by atoms with Gasteiger partial charge in [-0.3, -0.25) is 14.7 Å². The standard InChI is InChI=1S/C13H13N3O.C10H10N2O/c14-10-4-1-3-9(7-10)13(17)16-12-6-2-5-11(15)8-12;1-8-7-10(13)12(11-8)9-5-3-2-4-6-9/h1-8H,14-15H2,(H,16,17);2-7,11H,1H3. The lowest BCUT2D eigenvalue weighted by Crippen LogP contribution is -2.12. The first kappa shape index (κ1) is 20.5. The van der Waals surface area contributed by atoms with Gasteiger partial charge in [-0.1, -0.05) is 30.3 Å². The van der Waals surface area contributed by atoms with E-state index in [4.69, 9.17) is 11.5 Å². The number of benzene rings is 3. The van der Waals surface area contributed by atoms with Crippen LogP contribution < -0.4 is 22.3 Å². The average Bonchev–Trinajstić information content (AvgIpc) is 3.07. The molecule has 7 nitrogen and oxygen atoms in total. The molecule has 0 saturated heterocycles. The van der Waals surface area contributed by atoms with Crippen molar-refractivity contribution in [3.05, 3.63) is 107 Å². The number of nitrogens with zero attached hydrogens (tertiary/aromatic N) is 1. The molecular weight excluding hydrogens is 378 g/mol. The third-order valence-corrected chi connectivity index (χ3v) is 4.16. The van der Waals surface area contributed by atoms with Gasteiger partial charge in [0, 0.05) is 34.4 Å². The topological polar surface area (TPSA) is 119 Å². The summed E-state index contributed by atoms with van der Waals surface area (Å²) >= 11 is 0. The first-order valence-corrected chi connectivity index (χ1v) is 9.29. The van der Waals surface area contributed by atoms with Crippen molar-refractivity contribution in [3.8, 4) is 5.69 Å². The Kier molecular flexibility index (Phi) is 6.34. The summed E-state index contributed by atoms with van der Waals surface area (Å²) in [6, 6.07) is 24.9. The molecule has 1 amide bonds. The van der Waals surface area contributed by atoms with E-state index in [-0.39, 0.29) is 11.5 Å². The number of hydrogen-bond donors (Lipinski definition) is 4. The molecule has 1 heterocycles. The van der Waals surface area contributed by atoms with Gasteiger partial charge in [0.2, 0.25) is 0 Å². The van der Waals surface area contributed by atoms with E-state index >= 15 is 0 Å². The maximum atomic E-state index is 11.9. The molecule has 30 heavy (non-hydrogen) atoms. The molecule has 4 rings (SSSR count). The minimum absolute atomic E-state index is 0.0244. The second-order valence-corrected chi connectivity index (χ2v) is 6.65. The van der Waals surface area contributed by atoms with Crippen LogP contribution >= 0.6 is 0 Å². The van der Waals surface area contributed by atoms with Crippen molar-refractivity contribution in [1.29, 1.82) is 0 Å². The number of anilines is 3. The third kappa shape index (κ3) is 5.39. The number of aryl methyl sites for hydroxylation is 1. The van der Waals surface area contributed by atoms with Crippen molar-refractivity contribution in [2.75, 3.05) is 16.8 Å². The number of aromatic nitrogens is 2. The molecule has 0 fully saturated rings. The number of nitrogen functional groups attached to an aromatic ring is 2. The van der Waals surface area contributed by atoms with E-state index in [2.05, 4.69) is 10.4 Å². The highest BCUT2D eigenvalue weighted by Gasteiger charge is 2.06. The van der Waals surface area contributed by atoms with E-state index < -0.39 is 0 Å². The lowest BCUT2D eigenvalue weighted by molar-refractivity contribution is 0.102. The Bertz CT molecular complexity index is 1200. The molecule has 6 N–H and O–H groups in total. The molecule has 1 aromatic heterocycles. The van der Waals surface area contributed by atoms with Crippen molar-refractivity contribution in [2.45, 2.75) is 6.92 Å². The molecule has 7 heteroatoms. The van der Waals surface area contributed by atoms with Crippen LogP contribution in [0.3, 0.4) is 0 Å². The molecule has 0 bridgehead atoms. The van der Waals surface area contributed by atoms with Crippen LogP contribution in [0.15, 0.2) is 89.7 Å². The summed E-state index contributed by atoms with van der Waals surface area (Å²) in [5.74, 6) is -0.206. The number of rotatable bonds is 3. The maximum Gasteiger partial charge on any atom is 0.271 e. The maximum absolute atomic E-state index is 11.9. The van der Waals surface area contributed by atoms with E-state index in [1.54, 1.807) is 54.6 Å². The monoisotopic (exact) mass is 401 g/mol. The lowest BCUT2D eigenvalue weighted by Gasteiger charge is -2.06. The molecule has 0 aliphatic heterocycles. The molecule has 0 saturated carbocycles. The molecule has 0 aliphatic rings. The lowest BCUT2D eigenvalue weighted by atomic mass is 10.2. The number of carbonyl (C=O) groups excluding carboxylic acids is 1. The minimum atomic E-state index is -0.206. The van der Waals surface area contributed by atoms with Gasteiger partial charge >= 0.3 is 0 Å². The SMILES string of the molecule is Cc1cc(=O)n(-c2ccccc2)[nH]1.Nc1cccc(NC(=O)c2cccc(N)c2)c1. The van der Waals surface area contributed by atoms with E-state index in [0.717, 1.165) is 11.4 Å². The van der Waals surface area contributed by atoms with Crippen molar-refractivity contribution < 1.29 is 4.79 Å². The van der Waals surface area contributed by atoms with Gasteiger partial charge < -0.3 is 16.8 Å². The fourth-order valence-corrected chi connectivity index (χ4v) is 2.78. The molecule has 0 unspecified atom stereocenters. The Labute approximate surface area is 173 Å². The summed E-state index contributed by atoms with van der Waals surface area (Å²) < 4.78 is 1.52. The van der Waals surface area contributed by atoms with Gasteiger partial charge in [0.05, 0.1) is 5.69 Å². The molecule has 0 aliphatic carbocycles. The van der Waals surface area contributed by atoms with Crippen LogP contribution in [0, 0.1) is 6.92 Å². The normalized spacial score (nSPS) is 10.0. The van der Waals surface area contributed by atoms with Crippen LogP contribution in [0.25, 0.3) is 5.69 Å². The van der Waals surface area contributed by atoms with Gasteiger partial charge in [-0.15, -0.1) is 0 Å². The predicted octanol–water partition coefficient (Wildman–Crippen LogP) is 3.58. The van der Waals surface area contributed by atoms with Crippen LogP contribution in [0.1, 0.15) is 16.1 Å². The second kappa shape index (κ2) is 9.29. The van der Waals surface area contributed by atoms with Crippen LogP contribution in [0.5, 0.6) is 0 Å². The van der Waals surface area contributed by atoms with Crippen molar-refractivity contribution in [3.63, 3.8) is 0 Å². The van der Waals surface area contributed by atoms with Gasteiger partial charge in [0.15, 0.2) is 0 Å². The van der Waals surface area contributed by atoms with E-state index in [0.29, 0.717) is 22.6 Å². The minimum Gasteiger partial charge on any atom is -0.399 e. The number of nitrogens with one attached hydrogen (secondary N) is 2. The smallest absolute Gasteiger partial charge is 0.271 e. The number of nitrogens with two attached hydrogens (primary N) is 2.